The van der Waals surface area contributed by atoms with Crippen molar-refractivity contribution < 1.29 is 14.7 Å². The molecule has 0 aliphatic carbocycles. The van der Waals surface area contributed by atoms with Gasteiger partial charge < -0.3 is 10.4 Å². The van der Waals surface area contributed by atoms with Crippen molar-refractivity contribution in [2.24, 2.45) is 0 Å². The lowest BCUT2D eigenvalue weighted by molar-refractivity contribution is -0.137. The van der Waals surface area contributed by atoms with E-state index in [0.29, 0.717) is 12.8 Å². The second kappa shape index (κ2) is 6.76. The third kappa shape index (κ3) is 5.83. The standard InChI is InChI=1S/C11H14BrNO3S/c1-7(14)13-8(2-5-11(15)16)6-9-3-4-10(12)17-9/h3-4,8H,2,5-6H2,1H3,(H,13,14)(H,15,16). The van der Waals surface area contributed by atoms with Gasteiger partial charge in [0.05, 0.1) is 3.79 Å². The van der Waals surface area contributed by atoms with Gasteiger partial charge in [0.25, 0.3) is 0 Å². The van der Waals surface area contributed by atoms with Crippen LogP contribution in [-0.4, -0.2) is 23.0 Å². The van der Waals surface area contributed by atoms with Crippen LogP contribution in [0, 0.1) is 0 Å². The lowest BCUT2D eigenvalue weighted by atomic mass is 10.1. The van der Waals surface area contributed by atoms with E-state index in [2.05, 4.69) is 21.2 Å². The third-order valence-corrected chi connectivity index (χ3v) is 3.84. The average molecular weight is 320 g/mol. The minimum atomic E-state index is -0.840. The first-order chi connectivity index (χ1) is 7.97. The molecule has 6 heteroatoms. The Hall–Kier alpha value is -0.880. The van der Waals surface area contributed by atoms with E-state index in [1.54, 1.807) is 11.3 Å². The van der Waals surface area contributed by atoms with E-state index in [9.17, 15) is 9.59 Å². The zero-order valence-corrected chi connectivity index (χ0v) is 11.8. The Balaban J connectivity index is 2.56. The number of carbonyl (C=O) groups is 2. The van der Waals surface area contributed by atoms with Crippen LogP contribution >= 0.6 is 27.3 Å². The molecule has 1 rings (SSSR count). The normalized spacial score (nSPS) is 12.1. The molecule has 0 aliphatic rings. The molecule has 0 fully saturated rings. The first-order valence-electron chi connectivity index (χ1n) is 5.20. The summed E-state index contributed by atoms with van der Waals surface area (Å²) in [7, 11) is 0. The van der Waals surface area contributed by atoms with E-state index in [1.165, 1.54) is 6.92 Å². The molecule has 0 aromatic carbocycles. The molecular weight excluding hydrogens is 306 g/mol. The summed E-state index contributed by atoms with van der Waals surface area (Å²) in [6.45, 7) is 1.44. The maximum atomic E-state index is 11.0. The fourth-order valence-electron chi connectivity index (χ4n) is 1.51. The largest absolute Gasteiger partial charge is 0.481 e. The number of hydrogen-bond donors (Lipinski definition) is 2. The zero-order valence-electron chi connectivity index (χ0n) is 9.40. The van der Waals surface area contributed by atoms with Gasteiger partial charge in [-0.05, 0) is 34.5 Å². The second-order valence-corrected chi connectivity index (χ2v) is 6.29. The molecule has 17 heavy (non-hydrogen) atoms. The van der Waals surface area contributed by atoms with Crippen molar-refractivity contribution in [3.8, 4) is 0 Å². The number of carbonyl (C=O) groups excluding carboxylic acids is 1. The molecule has 0 aliphatic heterocycles. The maximum absolute atomic E-state index is 11.0. The quantitative estimate of drug-likeness (QED) is 0.846. The summed E-state index contributed by atoms with van der Waals surface area (Å²) < 4.78 is 1.03. The predicted octanol–water partition coefficient (Wildman–Crippen LogP) is 2.42. The minimum Gasteiger partial charge on any atom is -0.481 e. The molecule has 1 atom stereocenters. The van der Waals surface area contributed by atoms with Crippen LogP contribution in [0.4, 0.5) is 0 Å². The van der Waals surface area contributed by atoms with Crippen LogP contribution in [-0.2, 0) is 16.0 Å². The molecule has 1 unspecified atom stereocenters. The summed E-state index contributed by atoms with van der Waals surface area (Å²) in [5.74, 6) is -0.969. The molecule has 0 radical (unpaired) electrons. The molecule has 0 saturated heterocycles. The molecule has 1 aromatic heterocycles. The number of nitrogens with one attached hydrogen (secondary N) is 1. The number of rotatable bonds is 6. The van der Waals surface area contributed by atoms with E-state index in [-0.39, 0.29) is 18.4 Å². The highest BCUT2D eigenvalue weighted by molar-refractivity contribution is 9.11. The number of thiophene rings is 1. The summed E-state index contributed by atoms with van der Waals surface area (Å²) >= 11 is 4.97. The number of carboxylic acid groups (broad SMARTS) is 1. The predicted molar refractivity (Wildman–Crippen MR) is 70.2 cm³/mol. The Morgan fingerprint density at radius 1 is 1.53 bits per heavy atom. The van der Waals surface area contributed by atoms with E-state index in [1.807, 2.05) is 12.1 Å². The van der Waals surface area contributed by atoms with E-state index < -0.39 is 5.97 Å². The van der Waals surface area contributed by atoms with Crippen LogP contribution in [0.2, 0.25) is 0 Å². The topological polar surface area (TPSA) is 66.4 Å². The molecule has 0 spiro atoms. The molecule has 1 amide bonds. The highest BCUT2D eigenvalue weighted by atomic mass is 79.9. The van der Waals surface area contributed by atoms with Crippen LogP contribution in [0.15, 0.2) is 15.9 Å². The minimum absolute atomic E-state index is 0.0670. The summed E-state index contributed by atoms with van der Waals surface area (Å²) in [4.78, 5) is 22.7. The number of aliphatic carboxylic acids is 1. The summed E-state index contributed by atoms with van der Waals surface area (Å²) in [5.41, 5.74) is 0. The van der Waals surface area contributed by atoms with Crippen LogP contribution < -0.4 is 5.32 Å². The van der Waals surface area contributed by atoms with Crippen molar-refractivity contribution in [2.45, 2.75) is 32.2 Å². The van der Waals surface area contributed by atoms with Crippen LogP contribution in [0.5, 0.6) is 0 Å². The maximum Gasteiger partial charge on any atom is 0.303 e. The van der Waals surface area contributed by atoms with Gasteiger partial charge in [0.15, 0.2) is 0 Å². The average Bonchev–Trinajstić information content (AvgIpc) is 2.59. The van der Waals surface area contributed by atoms with E-state index in [0.717, 1.165) is 8.66 Å². The Bertz CT molecular complexity index is 405. The van der Waals surface area contributed by atoms with E-state index in [4.69, 9.17) is 5.11 Å². The number of amides is 1. The van der Waals surface area contributed by atoms with Crippen molar-refractivity contribution in [3.05, 3.63) is 20.8 Å². The second-order valence-electron chi connectivity index (χ2n) is 3.74. The molecule has 1 aromatic rings. The van der Waals surface area contributed by atoms with Crippen molar-refractivity contribution in [3.63, 3.8) is 0 Å². The van der Waals surface area contributed by atoms with Gasteiger partial charge in [0, 0.05) is 30.7 Å². The van der Waals surface area contributed by atoms with Crippen LogP contribution in [0.25, 0.3) is 0 Å². The number of carboxylic acids is 1. The van der Waals surface area contributed by atoms with Crippen molar-refractivity contribution in [1.29, 1.82) is 0 Å². The fourth-order valence-corrected chi connectivity index (χ4v) is 3.08. The van der Waals surface area contributed by atoms with Crippen molar-refractivity contribution >= 4 is 39.1 Å². The van der Waals surface area contributed by atoms with Crippen molar-refractivity contribution in [2.75, 3.05) is 0 Å². The van der Waals surface area contributed by atoms with Gasteiger partial charge in [-0.2, -0.15) is 0 Å². The molecule has 94 valence electrons. The molecule has 4 nitrogen and oxygen atoms in total. The lowest BCUT2D eigenvalue weighted by Crippen LogP contribution is -2.35. The van der Waals surface area contributed by atoms with Crippen molar-refractivity contribution in [1.82, 2.24) is 5.32 Å². The van der Waals surface area contributed by atoms with E-state index >= 15 is 0 Å². The summed E-state index contributed by atoms with van der Waals surface area (Å²) in [6, 6.07) is 3.81. The highest BCUT2D eigenvalue weighted by Gasteiger charge is 2.13. The van der Waals surface area contributed by atoms with Crippen LogP contribution in [0.3, 0.4) is 0 Å². The van der Waals surface area contributed by atoms with Crippen LogP contribution in [0.1, 0.15) is 24.6 Å². The highest BCUT2D eigenvalue weighted by Crippen LogP contribution is 2.23. The number of halogens is 1. The summed E-state index contributed by atoms with van der Waals surface area (Å²) in [6.07, 6.45) is 1.19. The molecule has 1 heterocycles. The van der Waals surface area contributed by atoms with Gasteiger partial charge in [-0.1, -0.05) is 0 Å². The molecule has 2 N–H and O–H groups in total. The zero-order chi connectivity index (χ0) is 12.8. The fraction of sp³-hybridized carbons (Fsp3) is 0.455. The van der Waals surface area contributed by atoms with Gasteiger partial charge in [-0.3, -0.25) is 9.59 Å². The third-order valence-electron chi connectivity index (χ3n) is 2.19. The van der Waals surface area contributed by atoms with Gasteiger partial charge in [0.1, 0.15) is 0 Å². The molecule has 0 bridgehead atoms. The Kier molecular flexibility index (Phi) is 5.64. The first-order valence-corrected chi connectivity index (χ1v) is 6.81. The smallest absolute Gasteiger partial charge is 0.303 e. The van der Waals surface area contributed by atoms with Gasteiger partial charge in [-0.15, -0.1) is 11.3 Å². The van der Waals surface area contributed by atoms with Gasteiger partial charge >= 0.3 is 5.97 Å². The molecule has 0 saturated carbocycles. The summed E-state index contributed by atoms with van der Waals surface area (Å²) in [5, 5.41) is 11.4. The van der Waals surface area contributed by atoms with Gasteiger partial charge in [0.2, 0.25) is 5.91 Å². The first kappa shape index (κ1) is 14.2. The SMILES string of the molecule is CC(=O)NC(CCC(=O)O)Cc1ccc(Br)s1. The Morgan fingerprint density at radius 3 is 2.71 bits per heavy atom. The Morgan fingerprint density at radius 2 is 2.24 bits per heavy atom. The molecular formula is C11H14BrNO3S. The Labute approximate surface area is 112 Å². The lowest BCUT2D eigenvalue weighted by Gasteiger charge is -2.15. The monoisotopic (exact) mass is 319 g/mol. The van der Waals surface area contributed by atoms with Gasteiger partial charge in [-0.25, -0.2) is 0 Å². The number of hydrogen-bond acceptors (Lipinski definition) is 3.